The maximum absolute atomic E-state index is 9.86. The molecule has 0 aromatic carbocycles. The van der Waals surface area contributed by atoms with Crippen LogP contribution >= 0.6 is 0 Å². The SMILES string of the molecule is C=CNC(C)=O.C=CO[S-](=O)=O.[Li+]. The van der Waals surface area contributed by atoms with Crippen molar-refractivity contribution in [3.63, 3.8) is 0 Å². The number of rotatable bonds is 3. The topological polar surface area (TPSA) is 72.5 Å². The van der Waals surface area contributed by atoms with Crippen LogP contribution in [-0.4, -0.2) is 5.91 Å². The predicted octanol–water partition coefficient (Wildman–Crippen LogP) is -2.36. The van der Waals surface area contributed by atoms with Crippen LogP contribution in [0, 0.1) is 0 Å². The molecular weight excluding hydrogens is 189 g/mol. The Balaban J connectivity index is -0.000000143. The Morgan fingerprint density at radius 2 is 1.92 bits per heavy atom. The molecule has 0 radical (unpaired) electrons. The standard InChI is InChI=1S/C4H7NO.C2H3O3S.Li/c1-3-5-4(2)6;1-2-5-6(3)4;/h3H,1H2,2H3,(H,5,6);2H,1H2;/q;-1;+1. The minimum atomic E-state index is -2.43. The molecule has 0 aliphatic rings. The molecule has 7 heteroatoms. The van der Waals surface area contributed by atoms with Gasteiger partial charge in [-0.05, 0) is 6.20 Å². The van der Waals surface area contributed by atoms with E-state index in [9.17, 15) is 13.2 Å². The zero-order valence-corrected chi connectivity index (χ0v) is 8.43. The van der Waals surface area contributed by atoms with Crippen molar-refractivity contribution >= 4 is 16.9 Å². The second kappa shape index (κ2) is 13.9. The predicted molar refractivity (Wildman–Crippen MR) is 44.0 cm³/mol. The van der Waals surface area contributed by atoms with Gasteiger partial charge in [-0.3, -0.25) is 4.79 Å². The quantitative estimate of drug-likeness (QED) is 0.313. The molecule has 0 unspecified atom stereocenters. The fourth-order valence-corrected chi connectivity index (χ4v) is 0.310. The van der Waals surface area contributed by atoms with E-state index in [1.165, 1.54) is 13.1 Å². The molecule has 0 heterocycles. The normalized spacial score (nSPS) is 6.92. The third kappa shape index (κ3) is 34.8. The Kier molecular flexibility index (Phi) is 19.4. The number of nitrogens with one attached hydrogen (secondary N) is 1. The first-order valence-electron chi connectivity index (χ1n) is 2.79. The Morgan fingerprint density at radius 3 is 1.92 bits per heavy atom. The molecule has 0 fully saturated rings. The number of hydrogen-bond acceptors (Lipinski definition) is 5. The fraction of sp³-hybridized carbons (Fsp3) is 0.167. The third-order valence-corrected chi connectivity index (χ3v) is 0.745. The number of amides is 1. The fourth-order valence-electron chi connectivity index (χ4n) is 0.199. The Morgan fingerprint density at radius 1 is 1.46 bits per heavy atom. The summed E-state index contributed by atoms with van der Waals surface area (Å²) in [6, 6.07) is 0. The van der Waals surface area contributed by atoms with Gasteiger partial charge in [-0.2, -0.15) is 0 Å². The van der Waals surface area contributed by atoms with Gasteiger partial charge in [-0.1, -0.05) is 13.2 Å². The summed E-state index contributed by atoms with van der Waals surface area (Å²) in [5.41, 5.74) is 0. The van der Waals surface area contributed by atoms with Gasteiger partial charge in [-0.15, -0.1) is 0 Å². The van der Waals surface area contributed by atoms with Crippen LogP contribution in [0.15, 0.2) is 25.6 Å². The van der Waals surface area contributed by atoms with Gasteiger partial charge in [0.25, 0.3) is 0 Å². The molecule has 0 aromatic rings. The van der Waals surface area contributed by atoms with E-state index < -0.39 is 11.0 Å². The molecule has 1 N–H and O–H groups in total. The van der Waals surface area contributed by atoms with Crippen LogP contribution in [-0.2, 0) is 28.4 Å². The second-order valence-electron chi connectivity index (χ2n) is 1.37. The molecule has 0 rings (SSSR count). The average Bonchev–Trinajstić information content (AvgIpc) is 1.87. The van der Waals surface area contributed by atoms with Crippen molar-refractivity contribution < 1.29 is 36.3 Å². The summed E-state index contributed by atoms with van der Waals surface area (Å²) in [6.07, 6.45) is 2.19. The minimum Gasteiger partial charge on any atom is -0.539 e. The van der Waals surface area contributed by atoms with Crippen LogP contribution < -0.4 is 24.2 Å². The van der Waals surface area contributed by atoms with E-state index in [0.29, 0.717) is 0 Å². The molecular formula is C6H10LiNO4S. The average molecular weight is 199 g/mol. The van der Waals surface area contributed by atoms with Crippen LogP contribution in [0.3, 0.4) is 0 Å². The summed E-state index contributed by atoms with van der Waals surface area (Å²) in [6.45, 7) is 7.69. The number of hydrogen-bond donors (Lipinski definition) is 1. The Bertz CT molecular complexity index is 219. The van der Waals surface area contributed by atoms with Crippen molar-refractivity contribution in [1.82, 2.24) is 5.32 Å². The summed E-state index contributed by atoms with van der Waals surface area (Å²) < 4.78 is 22.3. The van der Waals surface area contributed by atoms with Gasteiger partial charge in [0.15, 0.2) is 0 Å². The van der Waals surface area contributed by atoms with E-state index in [4.69, 9.17) is 0 Å². The molecule has 0 aliphatic heterocycles. The first-order chi connectivity index (χ1) is 5.54. The van der Waals surface area contributed by atoms with Crippen LogP contribution in [0.25, 0.3) is 0 Å². The number of carbonyl (C=O) groups is 1. The molecule has 0 bridgehead atoms. The van der Waals surface area contributed by atoms with Crippen LogP contribution in [0.5, 0.6) is 0 Å². The molecule has 5 nitrogen and oxygen atoms in total. The van der Waals surface area contributed by atoms with Crippen LogP contribution in [0.1, 0.15) is 6.92 Å². The summed E-state index contributed by atoms with van der Waals surface area (Å²) >= 11 is 0. The Hall–Kier alpha value is -0.703. The van der Waals surface area contributed by atoms with Crippen LogP contribution in [0.4, 0.5) is 0 Å². The third-order valence-electron chi connectivity index (χ3n) is 0.452. The van der Waals surface area contributed by atoms with Crippen molar-refractivity contribution in [2.24, 2.45) is 0 Å². The van der Waals surface area contributed by atoms with Gasteiger partial charge in [0.05, 0.1) is 6.26 Å². The van der Waals surface area contributed by atoms with E-state index in [1.807, 2.05) is 0 Å². The van der Waals surface area contributed by atoms with Gasteiger partial charge in [0.1, 0.15) is 11.0 Å². The van der Waals surface area contributed by atoms with Gasteiger partial charge in [0, 0.05) is 6.92 Å². The van der Waals surface area contributed by atoms with Crippen molar-refractivity contribution in [2.45, 2.75) is 6.92 Å². The van der Waals surface area contributed by atoms with Crippen molar-refractivity contribution in [3.8, 4) is 0 Å². The molecule has 70 valence electrons. The maximum atomic E-state index is 9.86. The summed E-state index contributed by atoms with van der Waals surface area (Å²) in [5.74, 6) is -0.0787. The summed E-state index contributed by atoms with van der Waals surface area (Å²) in [7, 11) is -2.43. The van der Waals surface area contributed by atoms with E-state index in [-0.39, 0.29) is 24.8 Å². The Labute approximate surface area is 91.2 Å². The van der Waals surface area contributed by atoms with Crippen molar-refractivity contribution in [2.75, 3.05) is 0 Å². The largest absolute Gasteiger partial charge is 1.00 e. The van der Waals surface area contributed by atoms with Crippen molar-refractivity contribution in [3.05, 3.63) is 25.6 Å². The van der Waals surface area contributed by atoms with E-state index in [0.717, 1.165) is 6.26 Å². The molecule has 0 saturated heterocycles. The zero-order valence-electron chi connectivity index (χ0n) is 7.61. The molecule has 0 aromatic heterocycles. The monoisotopic (exact) mass is 199 g/mol. The van der Waals surface area contributed by atoms with Crippen molar-refractivity contribution in [1.29, 1.82) is 0 Å². The number of carbonyl (C=O) groups excluding carboxylic acids is 1. The molecule has 13 heavy (non-hydrogen) atoms. The van der Waals surface area contributed by atoms with Gasteiger partial charge in [0.2, 0.25) is 5.91 Å². The molecule has 1 amide bonds. The van der Waals surface area contributed by atoms with E-state index in [1.54, 1.807) is 0 Å². The first kappa shape index (κ1) is 18.2. The maximum Gasteiger partial charge on any atom is 1.00 e. The molecule has 0 atom stereocenters. The second-order valence-corrected chi connectivity index (χ2v) is 1.97. The minimum absolute atomic E-state index is 0. The smallest absolute Gasteiger partial charge is 0.539 e. The van der Waals surface area contributed by atoms with Gasteiger partial charge >= 0.3 is 18.9 Å². The molecule has 0 saturated carbocycles. The zero-order chi connectivity index (χ0) is 9.98. The van der Waals surface area contributed by atoms with Gasteiger partial charge < -0.3 is 17.9 Å². The summed E-state index contributed by atoms with van der Waals surface area (Å²) in [5, 5.41) is 2.33. The van der Waals surface area contributed by atoms with E-state index in [2.05, 4.69) is 22.7 Å². The van der Waals surface area contributed by atoms with Crippen LogP contribution in [0.2, 0.25) is 0 Å². The summed E-state index contributed by atoms with van der Waals surface area (Å²) in [4.78, 5) is 9.86. The van der Waals surface area contributed by atoms with E-state index >= 15 is 0 Å². The molecule has 0 spiro atoms. The first-order valence-corrected chi connectivity index (χ1v) is 3.79. The molecule has 0 aliphatic carbocycles. The van der Waals surface area contributed by atoms with Gasteiger partial charge in [-0.25, -0.2) is 0 Å².